The number of carbonyl (C=O) groups is 1. The van der Waals surface area contributed by atoms with E-state index in [1.165, 1.54) is 0 Å². The Morgan fingerprint density at radius 3 is 2.19 bits per heavy atom. The molecule has 2 aromatic rings. The van der Waals surface area contributed by atoms with Crippen LogP contribution >= 0.6 is 0 Å². The lowest BCUT2D eigenvalue weighted by Gasteiger charge is -2.16. The molecule has 0 aliphatic carbocycles. The molecule has 0 spiro atoms. The van der Waals surface area contributed by atoms with Gasteiger partial charge in [-0.25, -0.2) is 13.2 Å². The summed E-state index contributed by atoms with van der Waals surface area (Å²) in [4.78, 5) is 11.9. The number of aliphatic hydroxyl groups is 1. The Bertz CT molecular complexity index is 624. The van der Waals surface area contributed by atoms with Gasteiger partial charge in [-0.1, -0.05) is 30.3 Å². The van der Waals surface area contributed by atoms with Crippen LogP contribution in [0, 0.1) is 17.5 Å². The molecule has 1 amide bonds. The van der Waals surface area contributed by atoms with Crippen molar-refractivity contribution >= 4 is 5.91 Å². The van der Waals surface area contributed by atoms with Crippen LogP contribution in [-0.4, -0.2) is 17.6 Å². The summed E-state index contributed by atoms with van der Waals surface area (Å²) < 4.78 is 39.0. The molecule has 0 aliphatic rings. The van der Waals surface area contributed by atoms with Crippen LogP contribution in [0.3, 0.4) is 0 Å². The standard InChI is InChI=1S/C15H12F3NO2/c16-11-6-10(7-12(17)14(11)18)15(21)19-13(8-20)9-4-2-1-3-5-9/h1-7,13,20H,8H2,(H,19,21). The second-order valence-corrected chi connectivity index (χ2v) is 4.37. The first kappa shape index (κ1) is 15.1. The minimum Gasteiger partial charge on any atom is -0.394 e. The van der Waals surface area contributed by atoms with Crippen molar-refractivity contribution in [2.45, 2.75) is 6.04 Å². The first-order chi connectivity index (χ1) is 10.0. The zero-order valence-electron chi connectivity index (χ0n) is 10.8. The number of hydrogen-bond acceptors (Lipinski definition) is 2. The molecule has 6 heteroatoms. The fourth-order valence-corrected chi connectivity index (χ4v) is 1.85. The van der Waals surface area contributed by atoms with Gasteiger partial charge in [-0.2, -0.15) is 0 Å². The SMILES string of the molecule is O=C(NC(CO)c1ccccc1)c1cc(F)c(F)c(F)c1. The highest BCUT2D eigenvalue weighted by molar-refractivity contribution is 5.94. The van der Waals surface area contributed by atoms with Gasteiger partial charge in [0.2, 0.25) is 0 Å². The van der Waals surface area contributed by atoms with Gasteiger partial charge < -0.3 is 10.4 Å². The number of halogens is 3. The van der Waals surface area contributed by atoms with Crippen LogP contribution in [-0.2, 0) is 0 Å². The maximum Gasteiger partial charge on any atom is 0.252 e. The molecule has 0 aliphatic heterocycles. The number of aliphatic hydroxyl groups excluding tert-OH is 1. The minimum atomic E-state index is -1.63. The van der Waals surface area contributed by atoms with Crippen molar-refractivity contribution in [1.29, 1.82) is 0 Å². The minimum absolute atomic E-state index is 0.360. The topological polar surface area (TPSA) is 49.3 Å². The molecule has 2 rings (SSSR count). The van der Waals surface area contributed by atoms with Gasteiger partial charge in [0.05, 0.1) is 12.6 Å². The van der Waals surface area contributed by atoms with Crippen LogP contribution in [0.4, 0.5) is 13.2 Å². The molecular formula is C15H12F3NO2. The van der Waals surface area contributed by atoms with Crippen LogP contribution in [0.2, 0.25) is 0 Å². The molecule has 0 saturated heterocycles. The third-order valence-corrected chi connectivity index (χ3v) is 2.94. The van der Waals surface area contributed by atoms with Crippen LogP contribution in [0.1, 0.15) is 22.0 Å². The van der Waals surface area contributed by atoms with Gasteiger partial charge in [0.25, 0.3) is 5.91 Å². The maximum atomic E-state index is 13.1. The third kappa shape index (κ3) is 3.41. The number of hydrogen-bond donors (Lipinski definition) is 2. The lowest BCUT2D eigenvalue weighted by atomic mass is 10.1. The van der Waals surface area contributed by atoms with E-state index in [0.717, 1.165) is 0 Å². The summed E-state index contributed by atoms with van der Waals surface area (Å²) in [6.45, 7) is -0.387. The van der Waals surface area contributed by atoms with E-state index in [-0.39, 0.29) is 12.2 Å². The van der Waals surface area contributed by atoms with E-state index in [1.807, 2.05) is 0 Å². The van der Waals surface area contributed by atoms with Crippen molar-refractivity contribution in [2.75, 3.05) is 6.61 Å². The van der Waals surface area contributed by atoms with Gasteiger partial charge in [0.15, 0.2) is 17.5 Å². The highest BCUT2D eigenvalue weighted by Gasteiger charge is 2.18. The number of carbonyl (C=O) groups excluding carboxylic acids is 1. The Balaban J connectivity index is 2.21. The Morgan fingerprint density at radius 2 is 1.67 bits per heavy atom. The number of nitrogens with one attached hydrogen (secondary N) is 1. The number of amides is 1. The van der Waals surface area contributed by atoms with Crippen molar-refractivity contribution < 1.29 is 23.1 Å². The van der Waals surface area contributed by atoms with Gasteiger partial charge in [0, 0.05) is 5.56 Å². The fraction of sp³-hybridized carbons (Fsp3) is 0.133. The molecule has 0 heterocycles. The quantitative estimate of drug-likeness (QED) is 0.852. The van der Waals surface area contributed by atoms with E-state index in [2.05, 4.69) is 5.32 Å². The highest BCUT2D eigenvalue weighted by atomic mass is 19.2. The Morgan fingerprint density at radius 1 is 1.10 bits per heavy atom. The smallest absolute Gasteiger partial charge is 0.252 e. The molecule has 3 nitrogen and oxygen atoms in total. The van der Waals surface area contributed by atoms with E-state index in [4.69, 9.17) is 0 Å². The molecule has 0 saturated carbocycles. The van der Waals surface area contributed by atoms with Crippen molar-refractivity contribution in [3.63, 3.8) is 0 Å². The van der Waals surface area contributed by atoms with E-state index < -0.39 is 29.4 Å². The summed E-state index contributed by atoms with van der Waals surface area (Å²) in [7, 11) is 0. The van der Waals surface area contributed by atoms with E-state index >= 15 is 0 Å². The molecule has 0 radical (unpaired) electrons. The maximum absolute atomic E-state index is 13.1. The van der Waals surface area contributed by atoms with Gasteiger partial charge in [-0.15, -0.1) is 0 Å². The normalized spacial score (nSPS) is 12.0. The molecule has 110 valence electrons. The third-order valence-electron chi connectivity index (χ3n) is 2.94. The molecular weight excluding hydrogens is 283 g/mol. The second kappa shape index (κ2) is 6.41. The van der Waals surface area contributed by atoms with E-state index in [0.29, 0.717) is 17.7 Å². The molecule has 0 fully saturated rings. The van der Waals surface area contributed by atoms with Crippen molar-refractivity contribution in [3.8, 4) is 0 Å². The largest absolute Gasteiger partial charge is 0.394 e. The van der Waals surface area contributed by atoms with E-state index in [9.17, 15) is 23.1 Å². The zero-order valence-corrected chi connectivity index (χ0v) is 10.8. The van der Waals surface area contributed by atoms with Crippen molar-refractivity contribution in [3.05, 3.63) is 71.0 Å². The van der Waals surface area contributed by atoms with E-state index in [1.54, 1.807) is 30.3 Å². The van der Waals surface area contributed by atoms with Gasteiger partial charge in [0.1, 0.15) is 0 Å². The van der Waals surface area contributed by atoms with Crippen molar-refractivity contribution in [2.24, 2.45) is 0 Å². The van der Waals surface area contributed by atoms with Gasteiger partial charge >= 0.3 is 0 Å². The van der Waals surface area contributed by atoms with Crippen LogP contribution < -0.4 is 5.32 Å². The Hall–Kier alpha value is -2.34. The predicted octanol–water partition coefficient (Wildman–Crippen LogP) is 2.57. The van der Waals surface area contributed by atoms with Gasteiger partial charge in [-0.05, 0) is 17.7 Å². The summed E-state index contributed by atoms with van der Waals surface area (Å²) in [6, 6.07) is 9.07. The molecule has 1 unspecified atom stereocenters. The number of rotatable bonds is 4. The molecule has 21 heavy (non-hydrogen) atoms. The molecule has 2 aromatic carbocycles. The van der Waals surface area contributed by atoms with Crippen molar-refractivity contribution in [1.82, 2.24) is 5.32 Å². The predicted molar refractivity (Wildman–Crippen MR) is 70.1 cm³/mol. The lowest BCUT2D eigenvalue weighted by molar-refractivity contribution is 0.0915. The first-order valence-electron chi connectivity index (χ1n) is 6.14. The summed E-state index contributed by atoms with van der Waals surface area (Å²) in [5.74, 6) is -5.33. The molecule has 0 aromatic heterocycles. The summed E-state index contributed by atoms with van der Waals surface area (Å²) in [6.07, 6.45) is 0. The molecule has 1 atom stereocenters. The highest BCUT2D eigenvalue weighted by Crippen LogP contribution is 2.16. The van der Waals surface area contributed by atoms with Crippen LogP contribution in [0.25, 0.3) is 0 Å². The fourth-order valence-electron chi connectivity index (χ4n) is 1.85. The average molecular weight is 295 g/mol. The number of benzene rings is 2. The van der Waals surface area contributed by atoms with Crippen LogP contribution in [0.5, 0.6) is 0 Å². The van der Waals surface area contributed by atoms with Gasteiger partial charge in [-0.3, -0.25) is 4.79 Å². The summed E-state index contributed by atoms with van der Waals surface area (Å²) >= 11 is 0. The summed E-state index contributed by atoms with van der Waals surface area (Å²) in [5, 5.41) is 11.7. The molecule has 2 N–H and O–H groups in total. The van der Waals surface area contributed by atoms with Crippen LogP contribution in [0.15, 0.2) is 42.5 Å². The Kier molecular flexibility index (Phi) is 4.59. The average Bonchev–Trinajstić information content (AvgIpc) is 2.50. The Labute approximate surface area is 119 Å². The molecule has 0 bridgehead atoms. The second-order valence-electron chi connectivity index (χ2n) is 4.37. The zero-order chi connectivity index (χ0) is 15.4. The summed E-state index contributed by atoms with van der Waals surface area (Å²) in [5.41, 5.74) is 0.275. The monoisotopic (exact) mass is 295 g/mol. The lowest BCUT2D eigenvalue weighted by Crippen LogP contribution is -2.31. The first-order valence-corrected chi connectivity index (χ1v) is 6.14.